The van der Waals surface area contributed by atoms with Crippen molar-refractivity contribution in [3.05, 3.63) is 40.3 Å². The fraction of sp³-hybridized carbons (Fsp3) is 0.167. The van der Waals surface area contributed by atoms with Gasteiger partial charge < -0.3 is 5.11 Å². The normalized spacial score (nSPS) is 10.7. The SMILES string of the molecule is Cc1c(F)cc(-c2cc(C(=O)O)nn2C)cc1Cl. The summed E-state index contributed by atoms with van der Waals surface area (Å²) in [6.07, 6.45) is 0. The van der Waals surface area contributed by atoms with E-state index in [0.717, 1.165) is 0 Å². The molecule has 1 aromatic heterocycles. The predicted molar refractivity (Wildman–Crippen MR) is 65.3 cm³/mol. The van der Waals surface area contributed by atoms with Crippen LogP contribution >= 0.6 is 11.6 Å². The molecular weight excluding hydrogens is 259 g/mol. The molecule has 0 atom stereocenters. The lowest BCUT2D eigenvalue weighted by atomic mass is 10.1. The van der Waals surface area contributed by atoms with Gasteiger partial charge in [0, 0.05) is 23.2 Å². The Hall–Kier alpha value is -1.88. The molecule has 4 nitrogen and oxygen atoms in total. The van der Waals surface area contributed by atoms with Gasteiger partial charge in [-0.1, -0.05) is 11.6 Å². The summed E-state index contributed by atoms with van der Waals surface area (Å²) in [7, 11) is 1.59. The zero-order valence-corrected chi connectivity index (χ0v) is 10.5. The Balaban J connectivity index is 2.58. The molecule has 0 aliphatic carbocycles. The Morgan fingerprint density at radius 3 is 2.61 bits per heavy atom. The molecule has 94 valence electrons. The third-order valence-corrected chi connectivity index (χ3v) is 3.07. The van der Waals surface area contributed by atoms with Crippen molar-refractivity contribution in [1.82, 2.24) is 9.78 Å². The molecular formula is C12H10ClFN2O2. The maximum absolute atomic E-state index is 13.6. The van der Waals surface area contributed by atoms with Gasteiger partial charge in [-0.2, -0.15) is 5.10 Å². The maximum Gasteiger partial charge on any atom is 0.356 e. The van der Waals surface area contributed by atoms with E-state index in [4.69, 9.17) is 16.7 Å². The minimum absolute atomic E-state index is 0.0930. The number of aromatic nitrogens is 2. The van der Waals surface area contributed by atoms with Crippen LogP contribution in [0.15, 0.2) is 18.2 Å². The Bertz CT molecular complexity index is 614. The van der Waals surface area contributed by atoms with Crippen molar-refractivity contribution in [3.63, 3.8) is 0 Å². The molecule has 0 aliphatic rings. The van der Waals surface area contributed by atoms with Gasteiger partial charge in [-0.25, -0.2) is 9.18 Å². The number of carbonyl (C=O) groups is 1. The van der Waals surface area contributed by atoms with Crippen molar-refractivity contribution >= 4 is 17.6 Å². The first-order chi connectivity index (χ1) is 8.40. The largest absolute Gasteiger partial charge is 0.476 e. The smallest absolute Gasteiger partial charge is 0.356 e. The highest BCUT2D eigenvalue weighted by Gasteiger charge is 2.14. The lowest BCUT2D eigenvalue weighted by Crippen LogP contribution is -1.99. The number of carboxylic acids is 1. The number of carboxylic acid groups (broad SMARTS) is 1. The third kappa shape index (κ3) is 2.09. The van der Waals surface area contributed by atoms with Crippen LogP contribution in [0.5, 0.6) is 0 Å². The van der Waals surface area contributed by atoms with Gasteiger partial charge >= 0.3 is 5.97 Å². The summed E-state index contributed by atoms with van der Waals surface area (Å²) in [5, 5.41) is 13.0. The van der Waals surface area contributed by atoms with E-state index in [9.17, 15) is 9.18 Å². The highest BCUT2D eigenvalue weighted by molar-refractivity contribution is 6.31. The number of rotatable bonds is 2. The van der Waals surface area contributed by atoms with E-state index in [1.165, 1.54) is 16.8 Å². The molecule has 0 fully saturated rings. The fourth-order valence-electron chi connectivity index (χ4n) is 1.64. The predicted octanol–water partition coefficient (Wildman–Crippen LogP) is 2.89. The van der Waals surface area contributed by atoms with Gasteiger partial charge in [0.2, 0.25) is 0 Å². The summed E-state index contributed by atoms with van der Waals surface area (Å²) in [6, 6.07) is 4.27. The van der Waals surface area contributed by atoms with Crippen molar-refractivity contribution in [3.8, 4) is 11.3 Å². The summed E-state index contributed by atoms with van der Waals surface area (Å²) in [4.78, 5) is 10.8. The summed E-state index contributed by atoms with van der Waals surface area (Å²) < 4.78 is 15.0. The monoisotopic (exact) mass is 268 g/mol. The van der Waals surface area contributed by atoms with Crippen molar-refractivity contribution < 1.29 is 14.3 Å². The number of aromatic carboxylic acids is 1. The zero-order valence-electron chi connectivity index (χ0n) is 9.74. The van der Waals surface area contributed by atoms with Crippen LogP contribution in [0.4, 0.5) is 4.39 Å². The molecule has 0 amide bonds. The van der Waals surface area contributed by atoms with Gasteiger partial charge in [0.05, 0.1) is 5.69 Å². The molecule has 0 saturated carbocycles. The Morgan fingerprint density at radius 2 is 2.11 bits per heavy atom. The maximum atomic E-state index is 13.6. The van der Waals surface area contributed by atoms with Crippen LogP contribution in [0.2, 0.25) is 5.02 Å². The van der Waals surface area contributed by atoms with E-state index >= 15 is 0 Å². The summed E-state index contributed by atoms with van der Waals surface area (Å²) >= 11 is 5.90. The van der Waals surface area contributed by atoms with Gasteiger partial charge in [0.25, 0.3) is 0 Å². The molecule has 0 spiro atoms. The summed E-state index contributed by atoms with van der Waals surface area (Å²) in [5.41, 5.74) is 1.25. The van der Waals surface area contributed by atoms with Crippen LogP contribution in [0, 0.1) is 12.7 Å². The van der Waals surface area contributed by atoms with Crippen molar-refractivity contribution in [1.29, 1.82) is 0 Å². The molecule has 1 heterocycles. The van der Waals surface area contributed by atoms with Crippen LogP contribution in [0.1, 0.15) is 16.1 Å². The van der Waals surface area contributed by atoms with Crippen LogP contribution in [0.3, 0.4) is 0 Å². The molecule has 0 saturated heterocycles. The van der Waals surface area contributed by atoms with Gasteiger partial charge in [0.1, 0.15) is 5.82 Å². The lowest BCUT2D eigenvalue weighted by molar-refractivity contribution is 0.0689. The van der Waals surface area contributed by atoms with Gasteiger partial charge in [0.15, 0.2) is 5.69 Å². The number of nitrogens with zero attached hydrogens (tertiary/aromatic N) is 2. The van der Waals surface area contributed by atoms with Crippen LogP contribution in [0.25, 0.3) is 11.3 Å². The van der Waals surface area contributed by atoms with E-state index in [0.29, 0.717) is 21.8 Å². The molecule has 2 aromatic rings. The second-order valence-electron chi connectivity index (χ2n) is 3.91. The quantitative estimate of drug-likeness (QED) is 0.911. The second-order valence-corrected chi connectivity index (χ2v) is 4.32. The zero-order chi connectivity index (χ0) is 13.4. The Labute approximate surface area is 108 Å². The van der Waals surface area contributed by atoms with E-state index in [2.05, 4.69) is 5.10 Å². The molecule has 0 bridgehead atoms. The molecule has 0 unspecified atom stereocenters. The third-order valence-electron chi connectivity index (χ3n) is 2.68. The van der Waals surface area contributed by atoms with Crippen LogP contribution in [-0.2, 0) is 7.05 Å². The van der Waals surface area contributed by atoms with E-state index in [-0.39, 0.29) is 5.69 Å². The van der Waals surface area contributed by atoms with E-state index in [1.54, 1.807) is 20.0 Å². The second kappa shape index (κ2) is 4.42. The molecule has 0 aliphatic heterocycles. The summed E-state index contributed by atoms with van der Waals surface area (Å²) in [5.74, 6) is -1.56. The van der Waals surface area contributed by atoms with E-state index in [1.807, 2.05) is 0 Å². The lowest BCUT2D eigenvalue weighted by Gasteiger charge is -2.05. The average molecular weight is 269 g/mol. The standard InChI is InChI=1S/C12H10ClFN2O2/c1-6-8(13)3-7(4-9(6)14)11-5-10(12(17)18)15-16(11)2/h3-5H,1-2H3,(H,17,18). The first-order valence-electron chi connectivity index (χ1n) is 5.13. The number of hydrogen-bond acceptors (Lipinski definition) is 2. The first kappa shape index (κ1) is 12.6. The number of halogens is 2. The topological polar surface area (TPSA) is 55.1 Å². The van der Waals surface area contributed by atoms with E-state index < -0.39 is 11.8 Å². The number of aryl methyl sites for hydroxylation is 1. The fourth-order valence-corrected chi connectivity index (χ4v) is 1.84. The van der Waals surface area contributed by atoms with Crippen molar-refractivity contribution in [2.45, 2.75) is 6.92 Å². The average Bonchev–Trinajstić information content (AvgIpc) is 2.68. The Kier molecular flexibility index (Phi) is 3.09. The highest BCUT2D eigenvalue weighted by Crippen LogP contribution is 2.27. The molecule has 0 radical (unpaired) electrons. The molecule has 2 rings (SSSR count). The van der Waals surface area contributed by atoms with Crippen molar-refractivity contribution in [2.75, 3.05) is 0 Å². The summed E-state index contributed by atoms with van der Waals surface area (Å²) in [6.45, 7) is 1.58. The Morgan fingerprint density at radius 1 is 1.44 bits per heavy atom. The highest BCUT2D eigenvalue weighted by atomic mass is 35.5. The molecule has 1 N–H and O–H groups in total. The minimum atomic E-state index is -1.13. The molecule has 1 aromatic carbocycles. The minimum Gasteiger partial charge on any atom is -0.476 e. The van der Waals surface area contributed by atoms with Crippen molar-refractivity contribution in [2.24, 2.45) is 7.05 Å². The van der Waals surface area contributed by atoms with Crippen LogP contribution < -0.4 is 0 Å². The van der Waals surface area contributed by atoms with Gasteiger partial charge in [-0.05, 0) is 25.1 Å². The number of benzene rings is 1. The number of hydrogen-bond donors (Lipinski definition) is 1. The molecule has 18 heavy (non-hydrogen) atoms. The van der Waals surface area contributed by atoms with Gasteiger partial charge in [-0.3, -0.25) is 4.68 Å². The van der Waals surface area contributed by atoms with Gasteiger partial charge in [-0.15, -0.1) is 0 Å². The molecule has 6 heteroatoms. The first-order valence-corrected chi connectivity index (χ1v) is 5.51. The van der Waals surface area contributed by atoms with Crippen LogP contribution in [-0.4, -0.2) is 20.9 Å².